The molecule has 4 bridgehead atoms. The van der Waals surface area contributed by atoms with Gasteiger partial charge in [0.2, 0.25) is 0 Å². The lowest BCUT2D eigenvalue weighted by atomic mass is 9.65. The van der Waals surface area contributed by atoms with Gasteiger partial charge < -0.3 is 38.3 Å². The number of fused-ring (bicyclic) bond motifs is 9. The zero-order chi connectivity index (χ0) is 101. The van der Waals surface area contributed by atoms with E-state index in [0.29, 0.717) is 96.1 Å². The van der Waals surface area contributed by atoms with Crippen molar-refractivity contribution in [3.8, 4) is 0 Å². The van der Waals surface area contributed by atoms with Crippen molar-refractivity contribution in [1.29, 1.82) is 0 Å². The van der Waals surface area contributed by atoms with Crippen molar-refractivity contribution >= 4 is 5.97 Å². The number of carbonyl (C=O) groups is 1. The molecule has 9 rings (SSSR count). The first-order chi connectivity index (χ1) is 59.3. The summed E-state index contributed by atoms with van der Waals surface area (Å²) in [5.74, 6) is 1.80. The third-order valence-electron chi connectivity index (χ3n) is 25.3. The number of benzene rings is 4. The smallest absolute Gasteiger partial charge is 0.430 e. The lowest BCUT2D eigenvalue weighted by Crippen LogP contribution is -2.62. The number of hydrogen-bond donors (Lipinski definition) is 1. The number of halogens is 30. The first-order valence-corrected chi connectivity index (χ1v) is 43.2. The molecule has 4 aliphatic carbocycles. The Morgan fingerprint density at radius 1 is 0.376 bits per heavy atom. The van der Waals surface area contributed by atoms with Crippen molar-refractivity contribution in [2.45, 2.75) is 433 Å². The number of aliphatic hydroxyl groups is 1. The Balaban J connectivity index is -0.000000307. The molecule has 4 saturated carbocycles. The van der Waals surface area contributed by atoms with Gasteiger partial charge in [-0.3, -0.25) is 4.79 Å². The van der Waals surface area contributed by atoms with Crippen LogP contribution in [0.1, 0.15) is 364 Å². The van der Waals surface area contributed by atoms with E-state index in [0.717, 1.165) is 103 Å². The van der Waals surface area contributed by atoms with Crippen molar-refractivity contribution in [2.75, 3.05) is 20.3 Å². The minimum atomic E-state index is -5.84. The molecule has 1 N–H and O–H groups in total. The second kappa shape index (κ2) is 55.3. The minimum absolute atomic E-state index is 0. The van der Waals surface area contributed by atoms with E-state index in [1.165, 1.54) is 89.8 Å². The molecule has 13 atom stereocenters. The maximum absolute atomic E-state index is 13.9. The van der Waals surface area contributed by atoms with E-state index in [-0.39, 0.29) is 135 Å². The molecule has 1 saturated heterocycles. The van der Waals surface area contributed by atoms with Gasteiger partial charge in [0.05, 0.1) is 23.7 Å². The summed E-state index contributed by atoms with van der Waals surface area (Å²) in [5, 5.41) is 9.19. The molecule has 0 spiro atoms. The minimum Gasteiger partial charge on any atom is -0.469 e. The number of methoxy groups -OCH3 is 1. The average Bonchev–Trinajstić information content (AvgIpc) is 1.56. The van der Waals surface area contributed by atoms with Crippen LogP contribution in [0.15, 0.2) is 97.1 Å². The predicted octanol–water partition coefficient (Wildman–Crippen LogP) is 37.2. The van der Waals surface area contributed by atoms with Crippen LogP contribution in [0.4, 0.5) is 132 Å². The molecule has 4 aromatic rings. The summed E-state index contributed by atoms with van der Waals surface area (Å²) in [5.41, 5.74) is -27.3. The Morgan fingerprint density at radius 3 is 0.950 bits per heavy atom. The van der Waals surface area contributed by atoms with Crippen molar-refractivity contribution < 1.29 is 175 Å². The van der Waals surface area contributed by atoms with Crippen molar-refractivity contribution in [3.63, 3.8) is 0 Å². The number of hydrogen-bond acceptors (Lipinski definition) is 9. The van der Waals surface area contributed by atoms with Gasteiger partial charge in [-0.2, -0.15) is 132 Å². The fourth-order valence-electron chi connectivity index (χ4n) is 17.4. The molecular weight excluding hydrogens is 1940 g/mol. The monoisotopic (exact) mass is 2100 g/mol. The molecule has 834 valence electrons. The molecule has 1 aliphatic heterocycles. The zero-order valence-corrected chi connectivity index (χ0v) is 76.6. The Bertz CT molecular complexity index is 4040. The molecule has 1 heterocycles. The summed E-state index contributed by atoms with van der Waals surface area (Å²) in [7, 11) is 1.42. The molecule has 0 aromatic heterocycles. The van der Waals surface area contributed by atoms with E-state index in [1.807, 2.05) is 69.2 Å². The molecule has 0 radical (unpaired) electrons. The van der Waals surface area contributed by atoms with E-state index >= 15 is 0 Å². The van der Waals surface area contributed by atoms with E-state index in [1.54, 1.807) is 6.92 Å². The van der Waals surface area contributed by atoms with Crippen LogP contribution in [0.3, 0.4) is 0 Å². The van der Waals surface area contributed by atoms with Crippen LogP contribution in [-0.4, -0.2) is 123 Å². The Hall–Kier alpha value is -6.03. The van der Waals surface area contributed by atoms with Crippen LogP contribution in [0.2, 0.25) is 0 Å². The fraction of sp³-hybridized carbons (Fsp3) is 0.755. The SMILES string of the molecule is C.C.C.C.C.C.C.C.C.C.CC(C)(C)OC(CC1CC2CC1C1C3CCC(C3)C21)(C(F)(F)F)C(F)(F)F.CCC(C)(C)C(=O)OC.CCC(C)c1ccc(C(O)(C(F)(F)F)C(F)(F)F)cc1.CCC(C)c1ccc(C(OC(C)(C)C)(C(F)(F)F)C(F)(F)F)cc1.CCC(C)c1ccc(C(OC2CCCCO2)(C(F)(F)F)C(F)(F)F)cc1.CCOC(C)OC(c1ccc(C(C)CC)cc1)(C(F)(F)F)C(F)(F)F. The van der Waals surface area contributed by atoms with Crippen LogP contribution in [0.5, 0.6) is 0 Å². The maximum Gasteiger partial charge on any atom is 0.430 e. The molecule has 39 heteroatoms. The molecule has 9 nitrogen and oxygen atoms in total. The average molecular weight is 2100 g/mol. The number of ether oxygens (including phenoxy) is 7. The summed E-state index contributed by atoms with van der Waals surface area (Å²) < 4.78 is 437. The molecule has 0 amide bonds. The van der Waals surface area contributed by atoms with Gasteiger partial charge >= 0.3 is 67.7 Å². The van der Waals surface area contributed by atoms with E-state index < -0.39 is 148 Å². The maximum atomic E-state index is 13.9. The number of carbonyl (C=O) groups excluding carboxylic acids is 1. The quantitative estimate of drug-likeness (QED) is 0.0318. The summed E-state index contributed by atoms with van der Waals surface area (Å²) in [6.07, 6.45) is -51.6. The second-order valence-corrected chi connectivity index (χ2v) is 36.8. The molecule has 4 aromatic carbocycles. The standard InChI is InChI=1S/C20H28F6O.C18H22F6O2.C17H22F6O2.C17H22F6O.C13H14F6O.C7H14O2.10CH4/c1-17(2,3)27-18(19(21,22)23,20(24,25)26)9-13-7-12-8-14(13)16-11-5-4-10(6-11)15(12)16;1-3-12(2)13-7-9-14(10-8-13)16(17(19,20)21,18(22,23)24)26-15-6-4-5-11-25-15;1-5-11(3)13-7-9-14(10-8-13)15(16(18,19)20,17(21,22)23)25-12(4)24-6-2;1-6-11(2)12-7-9-13(10-8-12)15(16(18,19)20,17(21,22)23)24-14(3,4)5;1-3-8(2)9-4-6-10(7-5-9)11(20,12(14,15)16)13(17,18)19;1-5-7(2,3)6(8)9-4;;;;;;;;;;/h10-16H,4-9H2,1-3H3;7-10,12,15H,3-6,11H2,1-2H3;7-12H,5-6H2,1-4H3;7-11H,6H2,1-5H3;4-8,20H,3H2,1-2H3;5H2,1-4H3;10*1H4. The van der Waals surface area contributed by atoms with Gasteiger partial charge in [0.15, 0.2) is 12.6 Å². The lowest BCUT2D eigenvalue weighted by Gasteiger charge is -2.46. The Labute approximate surface area is 819 Å². The second-order valence-electron chi connectivity index (χ2n) is 36.8. The highest BCUT2D eigenvalue weighted by Crippen LogP contribution is 2.71. The molecule has 5 fully saturated rings. The normalized spacial score (nSPS) is 20.1. The van der Waals surface area contributed by atoms with Gasteiger partial charge in [0.25, 0.3) is 28.0 Å². The lowest BCUT2D eigenvalue weighted by molar-refractivity contribution is -0.419. The van der Waals surface area contributed by atoms with Crippen molar-refractivity contribution in [3.05, 3.63) is 142 Å². The van der Waals surface area contributed by atoms with Crippen LogP contribution in [0.25, 0.3) is 0 Å². The largest absolute Gasteiger partial charge is 0.469 e. The van der Waals surface area contributed by atoms with Gasteiger partial charge in [-0.1, -0.05) is 234 Å². The molecule has 141 heavy (non-hydrogen) atoms. The van der Waals surface area contributed by atoms with Gasteiger partial charge in [-0.25, -0.2) is 0 Å². The summed E-state index contributed by atoms with van der Waals surface area (Å²) in [6, 6.07) is 16.4. The summed E-state index contributed by atoms with van der Waals surface area (Å²) in [6.45, 7) is 30.2. The van der Waals surface area contributed by atoms with Gasteiger partial charge in [0.1, 0.15) is 0 Å². The molecule has 13 unspecified atom stereocenters. The third-order valence-corrected chi connectivity index (χ3v) is 25.3. The summed E-state index contributed by atoms with van der Waals surface area (Å²) in [4.78, 5) is 10.8. The number of rotatable bonds is 24. The molecular formula is C102H162F30O9. The summed E-state index contributed by atoms with van der Waals surface area (Å²) >= 11 is 0. The first kappa shape index (κ1) is 148. The van der Waals surface area contributed by atoms with Crippen LogP contribution in [0, 0.1) is 46.8 Å². The number of alkyl halides is 30. The predicted molar refractivity (Wildman–Crippen MR) is 497 cm³/mol. The first-order valence-electron chi connectivity index (χ1n) is 43.2. The van der Waals surface area contributed by atoms with Gasteiger partial charge in [-0.15, -0.1) is 0 Å². The van der Waals surface area contributed by atoms with Crippen LogP contribution >= 0.6 is 0 Å². The van der Waals surface area contributed by atoms with Crippen molar-refractivity contribution in [1.82, 2.24) is 0 Å². The highest BCUT2D eigenvalue weighted by atomic mass is 19.5. The number of esters is 1. The fourth-order valence-corrected chi connectivity index (χ4v) is 17.4. The van der Waals surface area contributed by atoms with Crippen LogP contribution in [-0.2, 0) is 60.4 Å². The Morgan fingerprint density at radius 2 is 0.688 bits per heavy atom. The van der Waals surface area contributed by atoms with Crippen molar-refractivity contribution in [2.24, 2.45) is 46.8 Å². The third kappa shape index (κ3) is 34.0. The highest BCUT2D eigenvalue weighted by molar-refractivity contribution is 5.75. The highest BCUT2D eigenvalue weighted by Gasteiger charge is 2.79. The van der Waals surface area contributed by atoms with E-state index in [9.17, 15) is 142 Å². The van der Waals surface area contributed by atoms with Gasteiger partial charge in [0, 0.05) is 35.5 Å². The van der Waals surface area contributed by atoms with E-state index in [4.69, 9.17) is 14.2 Å². The topological polar surface area (TPSA) is 102 Å². The Kier molecular flexibility index (Phi) is 58.0. The van der Waals surface area contributed by atoms with Gasteiger partial charge in [-0.05, 0) is 246 Å². The van der Waals surface area contributed by atoms with Crippen LogP contribution < -0.4 is 0 Å². The molecule has 5 aliphatic rings. The zero-order valence-electron chi connectivity index (χ0n) is 76.6. The van der Waals surface area contributed by atoms with E-state index in [2.05, 4.69) is 18.9 Å².